The highest BCUT2D eigenvalue weighted by Gasteiger charge is 2.33. The third-order valence-corrected chi connectivity index (χ3v) is 5.39. The normalized spacial score (nSPS) is 16.1. The van der Waals surface area contributed by atoms with Gasteiger partial charge in [-0.25, -0.2) is 9.48 Å². The van der Waals surface area contributed by atoms with Crippen LogP contribution in [0, 0.1) is 0 Å². The first-order chi connectivity index (χ1) is 14.6. The molecular formula is C24H19N3O3. The van der Waals surface area contributed by atoms with Gasteiger partial charge >= 0.3 is 6.09 Å². The van der Waals surface area contributed by atoms with Crippen LogP contribution in [-0.2, 0) is 11.8 Å². The molecule has 5 rings (SSSR count). The SMILES string of the molecule is Cn1nc(-c2ccc(N3CC(c4ccccc4)OC3=O)cc2)c2ccccc2c1=O. The molecule has 0 aliphatic carbocycles. The molecule has 1 saturated heterocycles. The molecule has 1 amide bonds. The van der Waals surface area contributed by atoms with Crippen LogP contribution in [0.2, 0.25) is 0 Å². The van der Waals surface area contributed by atoms with Gasteiger partial charge in [0, 0.05) is 23.7 Å². The molecule has 0 saturated carbocycles. The van der Waals surface area contributed by atoms with E-state index in [1.54, 1.807) is 18.0 Å². The van der Waals surface area contributed by atoms with Crippen molar-refractivity contribution in [2.45, 2.75) is 6.10 Å². The maximum Gasteiger partial charge on any atom is 0.415 e. The van der Waals surface area contributed by atoms with E-state index in [9.17, 15) is 9.59 Å². The second-order valence-corrected chi connectivity index (χ2v) is 7.26. The molecule has 1 atom stereocenters. The quantitative estimate of drug-likeness (QED) is 0.517. The highest BCUT2D eigenvalue weighted by molar-refractivity contribution is 5.94. The van der Waals surface area contributed by atoms with E-state index >= 15 is 0 Å². The van der Waals surface area contributed by atoms with Gasteiger partial charge < -0.3 is 4.74 Å². The number of hydrogen-bond donors (Lipinski definition) is 0. The van der Waals surface area contributed by atoms with E-state index in [0.29, 0.717) is 11.9 Å². The molecule has 1 aliphatic heterocycles. The molecule has 0 spiro atoms. The second kappa shape index (κ2) is 7.15. The van der Waals surface area contributed by atoms with Gasteiger partial charge in [0.15, 0.2) is 0 Å². The van der Waals surface area contributed by atoms with Crippen molar-refractivity contribution in [3.8, 4) is 11.3 Å². The molecule has 1 aromatic heterocycles. The molecule has 0 bridgehead atoms. The lowest BCUT2D eigenvalue weighted by atomic mass is 10.0. The zero-order valence-corrected chi connectivity index (χ0v) is 16.4. The second-order valence-electron chi connectivity index (χ2n) is 7.26. The van der Waals surface area contributed by atoms with Crippen molar-refractivity contribution in [2.75, 3.05) is 11.4 Å². The Labute approximate surface area is 172 Å². The van der Waals surface area contributed by atoms with E-state index in [0.717, 1.165) is 27.9 Å². The Morgan fingerprint density at radius 2 is 1.53 bits per heavy atom. The summed E-state index contributed by atoms with van der Waals surface area (Å²) in [5, 5.41) is 5.90. The van der Waals surface area contributed by atoms with Crippen molar-refractivity contribution in [1.29, 1.82) is 0 Å². The zero-order valence-electron chi connectivity index (χ0n) is 16.4. The average molecular weight is 397 g/mol. The fraction of sp³-hybridized carbons (Fsp3) is 0.125. The number of rotatable bonds is 3. The van der Waals surface area contributed by atoms with E-state index < -0.39 is 0 Å². The third-order valence-electron chi connectivity index (χ3n) is 5.39. The fourth-order valence-corrected chi connectivity index (χ4v) is 3.83. The number of anilines is 1. The van der Waals surface area contributed by atoms with Gasteiger partial charge in [0.1, 0.15) is 6.10 Å². The predicted molar refractivity (Wildman–Crippen MR) is 115 cm³/mol. The number of aryl methyl sites for hydroxylation is 1. The smallest absolute Gasteiger partial charge is 0.415 e. The van der Waals surface area contributed by atoms with Crippen molar-refractivity contribution in [1.82, 2.24) is 9.78 Å². The molecule has 1 aliphatic rings. The topological polar surface area (TPSA) is 64.4 Å². The van der Waals surface area contributed by atoms with Crippen LogP contribution in [0.1, 0.15) is 11.7 Å². The van der Waals surface area contributed by atoms with Crippen LogP contribution >= 0.6 is 0 Å². The van der Waals surface area contributed by atoms with Gasteiger partial charge in [-0.3, -0.25) is 9.69 Å². The van der Waals surface area contributed by atoms with E-state index in [2.05, 4.69) is 5.10 Å². The van der Waals surface area contributed by atoms with E-state index in [-0.39, 0.29) is 17.8 Å². The number of benzene rings is 3. The summed E-state index contributed by atoms with van der Waals surface area (Å²) in [4.78, 5) is 26.4. The number of nitrogens with zero attached hydrogens (tertiary/aromatic N) is 3. The van der Waals surface area contributed by atoms with Gasteiger partial charge in [-0.1, -0.05) is 60.7 Å². The summed E-state index contributed by atoms with van der Waals surface area (Å²) in [5.41, 5.74) is 3.21. The molecule has 148 valence electrons. The lowest BCUT2D eigenvalue weighted by molar-refractivity contribution is 0.142. The fourth-order valence-electron chi connectivity index (χ4n) is 3.83. The molecule has 6 nitrogen and oxygen atoms in total. The molecule has 30 heavy (non-hydrogen) atoms. The van der Waals surface area contributed by atoms with E-state index in [1.165, 1.54) is 4.68 Å². The number of carbonyl (C=O) groups is 1. The van der Waals surface area contributed by atoms with Crippen molar-refractivity contribution < 1.29 is 9.53 Å². The summed E-state index contributed by atoms with van der Waals surface area (Å²) >= 11 is 0. The molecule has 1 unspecified atom stereocenters. The average Bonchev–Trinajstić information content (AvgIpc) is 3.19. The monoisotopic (exact) mass is 397 g/mol. The first-order valence-electron chi connectivity index (χ1n) is 9.71. The van der Waals surface area contributed by atoms with Gasteiger partial charge in [-0.2, -0.15) is 5.10 Å². The van der Waals surface area contributed by atoms with Crippen LogP contribution in [0.4, 0.5) is 10.5 Å². The summed E-state index contributed by atoms with van der Waals surface area (Å²) < 4.78 is 6.91. The maximum absolute atomic E-state index is 12.4. The Kier molecular flexibility index (Phi) is 4.32. The van der Waals surface area contributed by atoms with Crippen LogP contribution in [0.15, 0.2) is 83.7 Å². The Hall–Kier alpha value is -3.93. The summed E-state index contributed by atoms with van der Waals surface area (Å²) in [6, 6.07) is 24.8. The lowest BCUT2D eigenvalue weighted by Crippen LogP contribution is -2.23. The Morgan fingerprint density at radius 1 is 0.867 bits per heavy atom. The van der Waals surface area contributed by atoms with Gasteiger partial charge in [0.05, 0.1) is 17.6 Å². The highest BCUT2D eigenvalue weighted by Crippen LogP contribution is 2.32. The van der Waals surface area contributed by atoms with Crippen LogP contribution in [0.5, 0.6) is 0 Å². The van der Waals surface area contributed by atoms with Crippen LogP contribution < -0.4 is 10.5 Å². The molecule has 1 fully saturated rings. The van der Waals surface area contributed by atoms with Gasteiger partial charge in [-0.15, -0.1) is 0 Å². The number of amides is 1. The number of fused-ring (bicyclic) bond motifs is 1. The number of cyclic esters (lactones) is 1. The van der Waals surface area contributed by atoms with Crippen molar-refractivity contribution in [2.24, 2.45) is 7.05 Å². The first kappa shape index (κ1) is 18.1. The number of carbonyl (C=O) groups excluding carboxylic acids is 1. The number of hydrogen-bond acceptors (Lipinski definition) is 4. The van der Waals surface area contributed by atoms with Crippen molar-refractivity contribution in [3.63, 3.8) is 0 Å². The molecule has 6 heteroatoms. The van der Waals surface area contributed by atoms with Gasteiger partial charge in [-0.05, 0) is 23.8 Å². The summed E-state index contributed by atoms with van der Waals surface area (Å²) in [6.45, 7) is 0.462. The number of aromatic nitrogens is 2. The lowest BCUT2D eigenvalue weighted by Gasteiger charge is -2.14. The largest absolute Gasteiger partial charge is 0.439 e. The van der Waals surface area contributed by atoms with Gasteiger partial charge in [0.25, 0.3) is 5.56 Å². The first-order valence-corrected chi connectivity index (χ1v) is 9.71. The van der Waals surface area contributed by atoms with Crippen molar-refractivity contribution in [3.05, 3.63) is 94.8 Å². The molecule has 0 N–H and O–H groups in total. The van der Waals surface area contributed by atoms with E-state index in [4.69, 9.17) is 4.74 Å². The molecule has 2 heterocycles. The van der Waals surface area contributed by atoms with Gasteiger partial charge in [0.2, 0.25) is 0 Å². The minimum Gasteiger partial charge on any atom is -0.439 e. The zero-order chi connectivity index (χ0) is 20.7. The third kappa shape index (κ3) is 3.03. The summed E-state index contributed by atoms with van der Waals surface area (Å²) in [5.74, 6) is 0. The highest BCUT2D eigenvalue weighted by atomic mass is 16.6. The standard InChI is InChI=1S/C24H19N3O3/c1-26-23(28)20-10-6-5-9-19(20)22(25-26)17-11-13-18(14-12-17)27-15-21(30-24(27)29)16-7-3-2-4-8-16/h2-14,21H,15H2,1H3. The molecule has 4 aromatic rings. The van der Waals surface area contributed by atoms with E-state index in [1.807, 2.05) is 72.8 Å². The predicted octanol–water partition coefficient (Wildman–Crippen LogP) is 4.30. The summed E-state index contributed by atoms with van der Waals surface area (Å²) in [6.07, 6.45) is -0.644. The Morgan fingerprint density at radius 3 is 2.27 bits per heavy atom. The molecule has 3 aromatic carbocycles. The van der Waals surface area contributed by atoms with Crippen molar-refractivity contribution >= 4 is 22.6 Å². The minimum atomic E-state index is -0.359. The molecule has 0 radical (unpaired) electrons. The Balaban J connectivity index is 1.47. The van der Waals surface area contributed by atoms with Crippen LogP contribution in [0.3, 0.4) is 0 Å². The van der Waals surface area contributed by atoms with Crippen LogP contribution in [-0.4, -0.2) is 22.4 Å². The number of ether oxygens (including phenoxy) is 1. The maximum atomic E-state index is 12.4. The van der Waals surface area contributed by atoms with Crippen LogP contribution in [0.25, 0.3) is 22.0 Å². The Bertz CT molecular complexity index is 1300. The minimum absolute atomic E-state index is 0.127. The summed E-state index contributed by atoms with van der Waals surface area (Å²) in [7, 11) is 1.65. The molecular weight excluding hydrogens is 378 g/mol.